The molecule has 4 nitrogen and oxygen atoms in total. The molecule has 1 aliphatic rings. The number of fused-ring (bicyclic) bond motifs is 2. The van der Waals surface area contributed by atoms with Gasteiger partial charge in [-0.25, -0.2) is 0 Å². The maximum absolute atomic E-state index is 13.5. The van der Waals surface area contributed by atoms with E-state index in [4.69, 9.17) is 0 Å². The fourth-order valence-corrected chi connectivity index (χ4v) is 5.03. The predicted octanol–water partition coefficient (Wildman–Crippen LogP) is 5.93. The average molecular weight is 450 g/mol. The van der Waals surface area contributed by atoms with Crippen LogP contribution in [0.15, 0.2) is 108 Å². The maximum Gasteiger partial charge on any atom is 0.242 e. The molecule has 160 valence electrons. The standard InChI is InChI=1S/C28H19NO3S/c30-25-20-14-7-8-15-21(20)26(31)24-22(25)16-9-17-23(24)29-28(32)27(18-10-3-1-4-11-18)33-19-12-5-2-6-13-19/h1-17,27H,(H,29,32). The molecular weight excluding hydrogens is 430 g/mol. The number of thioether (sulfide) groups is 1. The first-order chi connectivity index (χ1) is 16.1. The molecule has 0 aromatic heterocycles. The molecule has 0 spiro atoms. The van der Waals surface area contributed by atoms with Gasteiger partial charge in [-0.2, -0.15) is 0 Å². The van der Waals surface area contributed by atoms with Crippen LogP contribution in [0.2, 0.25) is 0 Å². The lowest BCUT2D eigenvalue weighted by Crippen LogP contribution is -2.25. The summed E-state index contributed by atoms with van der Waals surface area (Å²) in [5.74, 6) is -0.736. The van der Waals surface area contributed by atoms with E-state index in [1.807, 2.05) is 60.7 Å². The number of ketones is 2. The summed E-state index contributed by atoms with van der Waals surface area (Å²) in [7, 11) is 0. The summed E-state index contributed by atoms with van der Waals surface area (Å²) < 4.78 is 0. The van der Waals surface area contributed by atoms with Crippen LogP contribution in [0, 0.1) is 0 Å². The van der Waals surface area contributed by atoms with Gasteiger partial charge in [0.15, 0.2) is 11.6 Å². The van der Waals surface area contributed by atoms with E-state index in [1.165, 1.54) is 11.8 Å². The van der Waals surface area contributed by atoms with E-state index in [1.54, 1.807) is 42.5 Å². The molecule has 5 rings (SSSR count). The van der Waals surface area contributed by atoms with E-state index < -0.39 is 5.25 Å². The number of carbonyl (C=O) groups is 3. The Morgan fingerprint density at radius 1 is 0.636 bits per heavy atom. The van der Waals surface area contributed by atoms with Gasteiger partial charge in [0.05, 0.1) is 11.3 Å². The van der Waals surface area contributed by atoms with E-state index in [0.29, 0.717) is 22.4 Å². The number of nitrogens with one attached hydrogen (secondary N) is 1. The third-order valence-corrected chi connectivity index (χ3v) is 6.81. The van der Waals surface area contributed by atoms with Crippen molar-refractivity contribution in [2.24, 2.45) is 0 Å². The highest BCUT2D eigenvalue weighted by molar-refractivity contribution is 8.00. The Hall–Kier alpha value is -3.96. The van der Waals surface area contributed by atoms with E-state index in [2.05, 4.69) is 5.32 Å². The van der Waals surface area contributed by atoms with Crippen LogP contribution in [-0.4, -0.2) is 17.5 Å². The number of hydrogen-bond donors (Lipinski definition) is 1. The van der Waals surface area contributed by atoms with Crippen LogP contribution in [0.1, 0.15) is 42.7 Å². The second-order valence-corrected chi connectivity index (χ2v) is 8.82. The predicted molar refractivity (Wildman–Crippen MR) is 130 cm³/mol. The van der Waals surface area contributed by atoms with Gasteiger partial charge in [0.1, 0.15) is 5.25 Å². The Balaban J connectivity index is 1.51. The van der Waals surface area contributed by atoms with Gasteiger partial charge in [0.25, 0.3) is 0 Å². The highest BCUT2D eigenvalue weighted by atomic mass is 32.2. The fraction of sp³-hybridized carbons (Fsp3) is 0.0357. The lowest BCUT2D eigenvalue weighted by Gasteiger charge is -2.22. The molecule has 33 heavy (non-hydrogen) atoms. The van der Waals surface area contributed by atoms with Crippen LogP contribution in [-0.2, 0) is 4.79 Å². The van der Waals surface area contributed by atoms with Crippen LogP contribution >= 0.6 is 11.8 Å². The summed E-state index contributed by atoms with van der Waals surface area (Å²) >= 11 is 1.43. The largest absolute Gasteiger partial charge is 0.324 e. The number of anilines is 1. The van der Waals surface area contributed by atoms with Crippen molar-refractivity contribution in [1.82, 2.24) is 0 Å². The van der Waals surface area contributed by atoms with Crippen molar-refractivity contribution in [1.29, 1.82) is 0 Å². The van der Waals surface area contributed by atoms with Crippen molar-refractivity contribution in [3.63, 3.8) is 0 Å². The summed E-state index contributed by atoms with van der Waals surface area (Å²) in [6.07, 6.45) is 0. The second kappa shape index (κ2) is 8.88. The minimum absolute atomic E-state index is 0.213. The molecule has 0 aliphatic heterocycles. The molecule has 4 aromatic carbocycles. The van der Waals surface area contributed by atoms with Crippen LogP contribution in [0.5, 0.6) is 0 Å². The molecule has 0 radical (unpaired) electrons. The molecule has 0 saturated carbocycles. The lowest BCUT2D eigenvalue weighted by atomic mass is 9.83. The molecular formula is C28H19NO3S. The third-order valence-electron chi connectivity index (χ3n) is 5.55. The van der Waals surface area contributed by atoms with E-state index in [-0.39, 0.29) is 23.0 Å². The zero-order chi connectivity index (χ0) is 22.8. The Kier molecular flexibility index (Phi) is 5.63. The number of benzene rings is 4. The highest BCUT2D eigenvalue weighted by Crippen LogP contribution is 2.37. The Labute approximate surface area is 195 Å². The SMILES string of the molecule is O=C1c2ccccc2C(=O)c2c(NC(=O)C(Sc3ccccc3)c3ccccc3)cccc21. The van der Waals surface area contributed by atoms with Gasteiger partial charge in [0, 0.05) is 21.6 Å². The smallest absolute Gasteiger partial charge is 0.242 e. The molecule has 5 heteroatoms. The van der Waals surface area contributed by atoms with Crippen molar-refractivity contribution < 1.29 is 14.4 Å². The number of rotatable bonds is 5. The number of carbonyl (C=O) groups excluding carboxylic acids is 3. The third kappa shape index (κ3) is 3.99. The van der Waals surface area contributed by atoms with Crippen molar-refractivity contribution >= 4 is 34.9 Å². The van der Waals surface area contributed by atoms with Crippen molar-refractivity contribution in [3.05, 3.63) is 131 Å². The van der Waals surface area contributed by atoms with Gasteiger partial charge < -0.3 is 5.32 Å². The first-order valence-electron chi connectivity index (χ1n) is 10.5. The first-order valence-corrected chi connectivity index (χ1v) is 11.4. The van der Waals surface area contributed by atoms with Crippen molar-refractivity contribution in [2.45, 2.75) is 10.1 Å². The second-order valence-electron chi connectivity index (χ2n) is 7.64. The summed E-state index contributed by atoms with van der Waals surface area (Å²) in [6.45, 7) is 0. The van der Waals surface area contributed by atoms with Gasteiger partial charge in [-0.05, 0) is 23.8 Å². The fourth-order valence-electron chi connectivity index (χ4n) is 3.98. The van der Waals surface area contributed by atoms with Crippen molar-refractivity contribution in [2.75, 3.05) is 5.32 Å². The average Bonchev–Trinajstić information content (AvgIpc) is 2.87. The molecule has 0 saturated heterocycles. The quantitative estimate of drug-likeness (QED) is 0.338. The summed E-state index contributed by atoms with van der Waals surface area (Å²) in [5, 5.41) is 2.40. The lowest BCUT2D eigenvalue weighted by molar-refractivity contribution is -0.115. The number of hydrogen-bond acceptors (Lipinski definition) is 4. The molecule has 0 bridgehead atoms. The first kappa shape index (κ1) is 20.9. The molecule has 1 amide bonds. The van der Waals surface area contributed by atoms with Crippen LogP contribution in [0.3, 0.4) is 0 Å². The molecule has 1 unspecified atom stereocenters. The highest BCUT2D eigenvalue weighted by Gasteiger charge is 2.32. The molecule has 1 aliphatic carbocycles. The van der Waals surface area contributed by atoms with Gasteiger partial charge in [-0.1, -0.05) is 84.9 Å². The van der Waals surface area contributed by atoms with E-state index in [0.717, 1.165) is 10.5 Å². The number of amides is 1. The van der Waals surface area contributed by atoms with E-state index >= 15 is 0 Å². The van der Waals surface area contributed by atoms with Crippen LogP contribution in [0.25, 0.3) is 0 Å². The monoisotopic (exact) mass is 449 g/mol. The van der Waals surface area contributed by atoms with Gasteiger partial charge >= 0.3 is 0 Å². The van der Waals surface area contributed by atoms with Crippen molar-refractivity contribution in [3.8, 4) is 0 Å². The topological polar surface area (TPSA) is 63.2 Å². The molecule has 4 aromatic rings. The summed E-state index contributed by atoms with van der Waals surface area (Å²) in [4.78, 5) is 40.8. The zero-order valence-corrected chi connectivity index (χ0v) is 18.3. The molecule has 1 atom stereocenters. The minimum atomic E-state index is -0.536. The van der Waals surface area contributed by atoms with Gasteiger partial charge in [0.2, 0.25) is 5.91 Å². The van der Waals surface area contributed by atoms with Crippen LogP contribution < -0.4 is 5.32 Å². The zero-order valence-electron chi connectivity index (χ0n) is 17.5. The van der Waals surface area contributed by atoms with E-state index in [9.17, 15) is 14.4 Å². The van der Waals surface area contributed by atoms with Gasteiger partial charge in [-0.3, -0.25) is 14.4 Å². The Bertz CT molecular complexity index is 1370. The summed E-state index contributed by atoms with van der Waals surface area (Å²) in [5.41, 5.74) is 2.49. The van der Waals surface area contributed by atoms with Crippen LogP contribution in [0.4, 0.5) is 5.69 Å². The molecule has 0 heterocycles. The summed E-state index contributed by atoms with van der Waals surface area (Å²) in [6, 6.07) is 31.0. The molecule has 0 fully saturated rings. The van der Waals surface area contributed by atoms with Gasteiger partial charge in [-0.15, -0.1) is 11.8 Å². The minimum Gasteiger partial charge on any atom is -0.324 e. The normalized spacial score (nSPS) is 13.1. The molecule has 1 N–H and O–H groups in total. The Morgan fingerprint density at radius 3 is 1.91 bits per heavy atom. The Morgan fingerprint density at radius 2 is 1.21 bits per heavy atom. The maximum atomic E-state index is 13.5.